The van der Waals surface area contributed by atoms with Crippen LogP contribution in [0.3, 0.4) is 0 Å². The van der Waals surface area contributed by atoms with Gasteiger partial charge in [0.05, 0.1) is 0 Å². The summed E-state index contributed by atoms with van der Waals surface area (Å²) in [7, 11) is 0. The van der Waals surface area contributed by atoms with Gasteiger partial charge in [0.25, 0.3) is 5.91 Å². The number of carbonyl (C=O) groups is 2. The lowest BCUT2D eigenvalue weighted by Gasteiger charge is -2.36. The van der Waals surface area contributed by atoms with Crippen molar-refractivity contribution in [3.8, 4) is 0 Å². The third kappa shape index (κ3) is 2.86. The predicted molar refractivity (Wildman–Crippen MR) is 75.6 cm³/mol. The van der Waals surface area contributed by atoms with Crippen molar-refractivity contribution >= 4 is 11.9 Å². The first-order valence-corrected chi connectivity index (χ1v) is 7.23. The van der Waals surface area contributed by atoms with Crippen molar-refractivity contribution in [1.82, 2.24) is 9.47 Å². The molecule has 5 nitrogen and oxygen atoms in total. The summed E-state index contributed by atoms with van der Waals surface area (Å²) in [6, 6.07) is 2.91. The Hall–Kier alpha value is -1.78. The number of nitrogens with zero attached hydrogens (tertiary/aromatic N) is 2. The van der Waals surface area contributed by atoms with Gasteiger partial charge in [-0.3, -0.25) is 4.79 Å². The lowest BCUT2D eigenvalue weighted by atomic mass is 9.92. The van der Waals surface area contributed by atoms with Crippen LogP contribution in [-0.2, 0) is 11.3 Å². The number of piperidine rings is 1. The second kappa shape index (κ2) is 6.11. The maximum atomic E-state index is 12.6. The van der Waals surface area contributed by atoms with Gasteiger partial charge in [0.1, 0.15) is 11.7 Å². The quantitative estimate of drug-likeness (QED) is 0.918. The molecule has 1 aromatic rings. The molecule has 1 amide bonds. The Labute approximate surface area is 119 Å². The average Bonchev–Trinajstić information content (AvgIpc) is 2.86. The topological polar surface area (TPSA) is 62.5 Å². The minimum absolute atomic E-state index is 0.164. The molecule has 2 rings (SSSR count). The first kappa shape index (κ1) is 14.6. The zero-order valence-electron chi connectivity index (χ0n) is 12.1. The molecule has 110 valence electrons. The van der Waals surface area contributed by atoms with Gasteiger partial charge in [-0.25, -0.2) is 4.79 Å². The van der Waals surface area contributed by atoms with Crippen LogP contribution in [0.1, 0.15) is 43.6 Å². The van der Waals surface area contributed by atoms with E-state index in [0.717, 1.165) is 19.4 Å². The van der Waals surface area contributed by atoms with Crippen molar-refractivity contribution < 1.29 is 14.7 Å². The van der Waals surface area contributed by atoms with E-state index < -0.39 is 12.0 Å². The molecule has 0 aliphatic carbocycles. The fourth-order valence-electron chi connectivity index (χ4n) is 2.81. The number of carboxylic acids is 1. The van der Waals surface area contributed by atoms with E-state index in [2.05, 4.69) is 6.92 Å². The van der Waals surface area contributed by atoms with Crippen molar-refractivity contribution in [1.29, 1.82) is 0 Å². The zero-order valence-corrected chi connectivity index (χ0v) is 12.1. The second-order valence-corrected chi connectivity index (χ2v) is 5.57. The number of aliphatic carboxylic acids is 1. The lowest BCUT2D eigenvalue weighted by molar-refractivity contribution is -0.144. The van der Waals surface area contributed by atoms with Crippen molar-refractivity contribution in [3.63, 3.8) is 0 Å². The molecule has 2 atom stereocenters. The number of hydrogen-bond acceptors (Lipinski definition) is 2. The van der Waals surface area contributed by atoms with E-state index in [1.165, 1.54) is 4.90 Å². The molecular weight excluding hydrogens is 256 g/mol. The SMILES string of the molecule is CCCn1cccc1C(=O)N1CCC(C)CC1C(=O)O. The second-order valence-electron chi connectivity index (χ2n) is 5.57. The molecule has 2 heterocycles. The van der Waals surface area contributed by atoms with E-state index in [9.17, 15) is 14.7 Å². The highest BCUT2D eigenvalue weighted by Gasteiger charge is 2.35. The molecule has 0 spiro atoms. The van der Waals surface area contributed by atoms with Gasteiger partial charge in [-0.1, -0.05) is 13.8 Å². The highest BCUT2D eigenvalue weighted by atomic mass is 16.4. The highest BCUT2D eigenvalue weighted by molar-refractivity contribution is 5.95. The molecule has 1 aliphatic rings. The fourth-order valence-corrected chi connectivity index (χ4v) is 2.81. The summed E-state index contributed by atoms with van der Waals surface area (Å²) in [6.45, 7) is 5.39. The number of rotatable bonds is 4. The molecular formula is C15H22N2O3. The van der Waals surface area contributed by atoms with Gasteiger partial charge >= 0.3 is 5.97 Å². The molecule has 1 aliphatic heterocycles. The van der Waals surface area contributed by atoms with E-state index in [1.807, 2.05) is 23.8 Å². The van der Waals surface area contributed by atoms with Crippen LogP contribution in [-0.4, -0.2) is 39.0 Å². The van der Waals surface area contributed by atoms with E-state index in [1.54, 1.807) is 6.07 Å². The van der Waals surface area contributed by atoms with Crippen LogP contribution in [0, 0.1) is 5.92 Å². The summed E-state index contributed by atoms with van der Waals surface area (Å²) in [5.41, 5.74) is 0.590. The molecule has 1 saturated heterocycles. The molecule has 5 heteroatoms. The lowest BCUT2D eigenvalue weighted by Crippen LogP contribution is -2.50. The minimum Gasteiger partial charge on any atom is -0.480 e. The average molecular weight is 278 g/mol. The molecule has 0 saturated carbocycles. The Balaban J connectivity index is 2.22. The fraction of sp³-hybridized carbons (Fsp3) is 0.600. The maximum Gasteiger partial charge on any atom is 0.326 e. The summed E-state index contributed by atoms with van der Waals surface area (Å²) < 4.78 is 1.90. The summed E-state index contributed by atoms with van der Waals surface area (Å²) in [6.07, 6.45) is 4.22. The first-order chi connectivity index (χ1) is 9.54. The van der Waals surface area contributed by atoms with Gasteiger partial charge in [0.15, 0.2) is 0 Å². The Morgan fingerprint density at radius 2 is 2.20 bits per heavy atom. The van der Waals surface area contributed by atoms with Crippen LogP contribution in [0.4, 0.5) is 0 Å². The molecule has 0 radical (unpaired) electrons. The monoisotopic (exact) mass is 278 g/mol. The number of aromatic nitrogens is 1. The van der Waals surface area contributed by atoms with Crippen LogP contribution >= 0.6 is 0 Å². The van der Waals surface area contributed by atoms with Crippen LogP contribution in [0.5, 0.6) is 0 Å². The van der Waals surface area contributed by atoms with E-state index >= 15 is 0 Å². The van der Waals surface area contributed by atoms with Crippen LogP contribution in [0.15, 0.2) is 18.3 Å². The normalized spacial score (nSPS) is 22.8. The van der Waals surface area contributed by atoms with Crippen LogP contribution in [0.25, 0.3) is 0 Å². The molecule has 0 bridgehead atoms. The number of carboxylic acid groups (broad SMARTS) is 1. The van der Waals surface area contributed by atoms with Crippen molar-refractivity contribution in [2.75, 3.05) is 6.54 Å². The van der Waals surface area contributed by atoms with Gasteiger partial charge in [-0.05, 0) is 37.3 Å². The van der Waals surface area contributed by atoms with Crippen molar-refractivity contribution in [2.24, 2.45) is 5.92 Å². The molecule has 2 unspecified atom stereocenters. The van der Waals surface area contributed by atoms with E-state index in [-0.39, 0.29) is 5.91 Å². The number of hydrogen-bond donors (Lipinski definition) is 1. The van der Waals surface area contributed by atoms with Gasteiger partial charge in [0.2, 0.25) is 0 Å². The number of carbonyl (C=O) groups excluding carboxylic acids is 1. The minimum atomic E-state index is -0.904. The highest BCUT2D eigenvalue weighted by Crippen LogP contribution is 2.24. The van der Waals surface area contributed by atoms with Gasteiger partial charge in [-0.15, -0.1) is 0 Å². The first-order valence-electron chi connectivity index (χ1n) is 7.23. The van der Waals surface area contributed by atoms with Crippen molar-refractivity contribution in [3.05, 3.63) is 24.0 Å². The van der Waals surface area contributed by atoms with Gasteiger partial charge in [-0.2, -0.15) is 0 Å². The maximum absolute atomic E-state index is 12.6. The zero-order chi connectivity index (χ0) is 14.7. The number of likely N-dealkylation sites (tertiary alicyclic amines) is 1. The van der Waals surface area contributed by atoms with Crippen molar-refractivity contribution in [2.45, 2.75) is 45.7 Å². The van der Waals surface area contributed by atoms with Crippen LogP contribution in [0.2, 0.25) is 0 Å². The van der Waals surface area contributed by atoms with Gasteiger partial charge < -0.3 is 14.6 Å². The Morgan fingerprint density at radius 1 is 1.45 bits per heavy atom. The third-order valence-electron chi connectivity index (χ3n) is 3.92. The largest absolute Gasteiger partial charge is 0.480 e. The smallest absolute Gasteiger partial charge is 0.326 e. The van der Waals surface area contributed by atoms with E-state index in [0.29, 0.717) is 24.6 Å². The number of amides is 1. The molecule has 1 aromatic heterocycles. The van der Waals surface area contributed by atoms with E-state index in [4.69, 9.17) is 0 Å². The third-order valence-corrected chi connectivity index (χ3v) is 3.92. The Kier molecular flexibility index (Phi) is 4.47. The summed E-state index contributed by atoms with van der Waals surface area (Å²) in [5.74, 6) is -0.719. The van der Waals surface area contributed by atoms with Crippen LogP contribution < -0.4 is 0 Å². The summed E-state index contributed by atoms with van der Waals surface area (Å²) >= 11 is 0. The molecule has 20 heavy (non-hydrogen) atoms. The summed E-state index contributed by atoms with van der Waals surface area (Å²) in [4.78, 5) is 25.5. The predicted octanol–water partition coefficient (Wildman–Crippen LogP) is 2.22. The molecule has 1 fully saturated rings. The molecule has 1 N–H and O–H groups in total. The Bertz CT molecular complexity index is 495. The number of aryl methyl sites for hydroxylation is 1. The van der Waals surface area contributed by atoms with Gasteiger partial charge in [0, 0.05) is 19.3 Å². The molecule has 0 aromatic carbocycles. The standard InChI is InChI=1S/C15H22N2O3/c1-3-7-16-8-4-5-12(16)14(18)17-9-6-11(2)10-13(17)15(19)20/h4-5,8,11,13H,3,6-7,9-10H2,1-2H3,(H,19,20). The Morgan fingerprint density at radius 3 is 2.85 bits per heavy atom. The summed E-state index contributed by atoms with van der Waals surface area (Å²) in [5, 5.41) is 9.34.